The average Bonchev–Trinajstić information content (AvgIpc) is 3.45. The molecule has 0 amide bonds. The van der Waals surface area contributed by atoms with Gasteiger partial charge in [-0.15, -0.1) is 11.3 Å². The van der Waals surface area contributed by atoms with E-state index in [1.807, 2.05) is 48.5 Å². The van der Waals surface area contributed by atoms with Crippen molar-refractivity contribution >= 4 is 21.6 Å². The highest BCUT2D eigenvalue weighted by Crippen LogP contribution is 2.37. The van der Waals surface area contributed by atoms with Crippen LogP contribution in [0.25, 0.3) is 54.2 Å². The second-order valence-corrected chi connectivity index (χ2v) is 10.1. The van der Waals surface area contributed by atoms with E-state index >= 15 is 0 Å². The highest BCUT2D eigenvalue weighted by Gasteiger charge is 2.13. The first-order valence-corrected chi connectivity index (χ1v) is 13.0. The lowest BCUT2D eigenvalue weighted by molar-refractivity contribution is 1.43. The zero-order chi connectivity index (χ0) is 26.8. The molecule has 0 fully saturated rings. The molecule has 0 aliphatic heterocycles. The molecule has 5 aromatic carbocycles. The van der Waals surface area contributed by atoms with Gasteiger partial charge in [0.2, 0.25) is 0 Å². The van der Waals surface area contributed by atoms with E-state index in [0.29, 0.717) is 16.7 Å². The van der Waals surface area contributed by atoms with Gasteiger partial charge in [-0.25, -0.2) is 4.98 Å². The highest BCUT2D eigenvalue weighted by atomic mass is 32.1. The smallest absolute Gasteiger partial charge is 0.124 e. The Morgan fingerprint density at radius 3 is 1.69 bits per heavy atom. The van der Waals surface area contributed by atoms with Crippen molar-refractivity contribution in [2.24, 2.45) is 0 Å². The molecule has 0 N–H and O–H groups in total. The Kier molecular flexibility index (Phi) is 6.16. The Bertz CT molecular complexity index is 1950. The third-order valence-electron chi connectivity index (χ3n) is 6.63. The van der Waals surface area contributed by atoms with Crippen molar-refractivity contribution in [3.8, 4) is 62.2 Å². The van der Waals surface area contributed by atoms with Crippen LogP contribution in [0.5, 0.6) is 0 Å². The van der Waals surface area contributed by atoms with Crippen LogP contribution in [-0.2, 0) is 0 Å². The largest absolute Gasteiger partial charge is 0.236 e. The van der Waals surface area contributed by atoms with Gasteiger partial charge in [-0.1, -0.05) is 54.6 Å². The van der Waals surface area contributed by atoms with Crippen LogP contribution in [0.1, 0.15) is 16.7 Å². The van der Waals surface area contributed by atoms with Crippen molar-refractivity contribution in [3.63, 3.8) is 0 Å². The van der Waals surface area contributed by atoms with Gasteiger partial charge < -0.3 is 0 Å². The number of thiazole rings is 1. The molecule has 1 aromatic heterocycles. The van der Waals surface area contributed by atoms with Gasteiger partial charge in [0.1, 0.15) is 17.1 Å². The summed E-state index contributed by atoms with van der Waals surface area (Å²) in [6.07, 6.45) is 0. The van der Waals surface area contributed by atoms with E-state index in [4.69, 9.17) is 10.2 Å². The molecule has 0 saturated heterocycles. The van der Waals surface area contributed by atoms with Crippen molar-refractivity contribution in [2.45, 2.75) is 0 Å². The minimum Gasteiger partial charge on any atom is -0.236 e. The molecule has 1 heterocycles. The molecule has 0 atom stereocenters. The summed E-state index contributed by atoms with van der Waals surface area (Å²) in [6.45, 7) is 0. The van der Waals surface area contributed by atoms with Crippen LogP contribution in [-0.4, -0.2) is 4.98 Å². The van der Waals surface area contributed by atoms with Crippen molar-refractivity contribution < 1.29 is 0 Å². The zero-order valence-corrected chi connectivity index (χ0v) is 21.4. The molecule has 0 unspecified atom stereocenters. The van der Waals surface area contributed by atoms with Gasteiger partial charge in [-0.2, -0.15) is 15.8 Å². The first kappa shape index (κ1) is 23.8. The number of nitriles is 3. The third-order valence-corrected chi connectivity index (χ3v) is 7.72. The molecule has 0 bridgehead atoms. The van der Waals surface area contributed by atoms with E-state index in [9.17, 15) is 10.5 Å². The van der Waals surface area contributed by atoms with Crippen LogP contribution >= 0.6 is 11.3 Å². The lowest BCUT2D eigenvalue weighted by Gasteiger charge is -2.11. The van der Waals surface area contributed by atoms with Crippen LogP contribution in [0.15, 0.2) is 109 Å². The number of aromatic nitrogens is 1. The lowest BCUT2D eigenvalue weighted by Crippen LogP contribution is -1.89. The number of benzene rings is 5. The predicted molar refractivity (Wildman–Crippen MR) is 156 cm³/mol. The number of fused-ring (bicyclic) bond motifs is 1. The monoisotopic (exact) mass is 514 g/mol. The van der Waals surface area contributed by atoms with Gasteiger partial charge in [-0.3, -0.25) is 0 Å². The summed E-state index contributed by atoms with van der Waals surface area (Å²) < 4.78 is 1.12. The fourth-order valence-electron chi connectivity index (χ4n) is 4.59. The SMILES string of the molecule is N#Cc1ccc(-c2ccc(-c3cc(-c4ccc(C#N)c(C#N)c4)cc(-c4nc5ccccc5s4)c3)cc2)cc1. The molecule has 0 spiro atoms. The number of nitrogens with zero attached hydrogens (tertiary/aromatic N) is 4. The summed E-state index contributed by atoms with van der Waals surface area (Å²) in [4.78, 5) is 4.88. The molecule has 6 aromatic rings. The summed E-state index contributed by atoms with van der Waals surface area (Å²) in [5.74, 6) is 0. The third kappa shape index (κ3) is 4.65. The van der Waals surface area contributed by atoms with E-state index in [-0.39, 0.29) is 0 Å². The average molecular weight is 515 g/mol. The van der Waals surface area contributed by atoms with E-state index in [1.165, 1.54) is 0 Å². The van der Waals surface area contributed by atoms with Gasteiger partial charge in [-0.05, 0) is 88.0 Å². The summed E-state index contributed by atoms with van der Waals surface area (Å²) in [7, 11) is 0. The number of hydrogen-bond donors (Lipinski definition) is 0. The molecule has 39 heavy (non-hydrogen) atoms. The van der Waals surface area contributed by atoms with Crippen LogP contribution in [0.2, 0.25) is 0 Å². The maximum absolute atomic E-state index is 9.59. The van der Waals surface area contributed by atoms with Gasteiger partial charge in [0.25, 0.3) is 0 Å². The number of hydrogen-bond acceptors (Lipinski definition) is 5. The summed E-state index contributed by atoms with van der Waals surface area (Å²) in [5, 5.41) is 29.0. The molecular weight excluding hydrogens is 496 g/mol. The molecule has 0 aliphatic carbocycles. The topological polar surface area (TPSA) is 84.3 Å². The second kappa shape index (κ2) is 10.1. The number of rotatable bonds is 4. The van der Waals surface area contributed by atoms with Crippen molar-refractivity contribution in [3.05, 3.63) is 126 Å². The van der Waals surface area contributed by atoms with Crippen molar-refractivity contribution in [1.29, 1.82) is 15.8 Å². The molecule has 0 radical (unpaired) electrons. The molecule has 0 aliphatic rings. The Labute approximate surface area is 229 Å². The Morgan fingerprint density at radius 2 is 1.05 bits per heavy atom. The van der Waals surface area contributed by atoms with Crippen LogP contribution in [0.4, 0.5) is 0 Å². The standard InChI is InChI=1S/C34H18N4S/c35-19-22-5-7-23(8-6-22)24-9-11-25(12-10-24)28-16-29(26-13-14-27(20-36)31(15-26)21-37)18-30(17-28)34-38-32-3-1-2-4-33(32)39-34/h1-18H. The van der Waals surface area contributed by atoms with Gasteiger partial charge in [0.05, 0.1) is 33.0 Å². The van der Waals surface area contributed by atoms with E-state index < -0.39 is 0 Å². The second-order valence-electron chi connectivity index (χ2n) is 9.04. The fourth-order valence-corrected chi connectivity index (χ4v) is 5.54. The molecule has 0 saturated carbocycles. The van der Waals surface area contributed by atoms with E-state index in [0.717, 1.165) is 54.2 Å². The lowest BCUT2D eigenvalue weighted by atomic mass is 9.93. The molecule has 6 rings (SSSR count). The first-order chi connectivity index (χ1) is 19.1. The highest BCUT2D eigenvalue weighted by molar-refractivity contribution is 7.21. The van der Waals surface area contributed by atoms with Crippen molar-refractivity contribution in [2.75, 3.05) is 0 Å². The fraction of sp³-hybridized carbons (Fsp3) is 0. The Morgan fingerprint density at radius 1 is 0.487 bits per heavy atom. The molecule has 4 nitrogen and oxygen atoms in total. The summed E-state index contributed by atoms with van der Waals surface area (Å²) in [5.41, 5.74) is 9.30. The molecule has 5 heteroatoms. The van der Waals surface area contributed by atoms with Crippen LogP contribution in [0.3, 0.4) is 0 Å². The van der Waals surface area contributed by atoms with Crippen LogP contribution < -0.4 is 0 Å². The molecule has 180 valence electrons. The summed E-state index contributed by atoms with van der Waals surface area (Å²) in [6, 6.07) is 42.1. The minimum absolute atomic E-state index is 0.355. The summed E-state index contributed by atoms with van der Waals surface area (Å²) >= 11 is 1.65. The maximum atomic E-state index is 9.59. The van der Waals surface area contributed by atoms with Crippen molar-refractivity contribution in [1.82, 2.24) is 4.98 Å². The zero-order valence-electron chi connectivity index (χ0n) is 20.6. The van der Waals surface area contributed by atoms with E-state index in [2.05, 4.69) is 66.7 Å². The van der Waals surface area contributed by atoms with E-state index in [1.54, 1.807) is 23.5 Å². The quantitative estimate of drug-likeness (QED) is 0.236. The molecular formula is C34H18N4S. The Balaban J connectivity index is 1.47. The Hall–Kier alpha value is -5.54. The maximum Gasteiger partial charge on any atom is 0.124 e. The minimum atomic E-state index is 0.355. The predicted octanol–water partition coefficient (Wildman–Crippen LogP) is 8.58. The first-order valence-electron chi connectivity index (χ1n) is 12.2. The van der Waals surface area contributed by atoms with Gasteiger partial charge in [0, 0.05) is 5.56 Å². The number of para-hydroxylation sites is 1. The van der Waals surface area contributed by atoms with Gasteiger partial charge >= 0.3 is 0 Å². The normalized spacial score (nSPS) is 10.5. The van der Waals surface area contributed by atoms with Crippen LogP contribution in [0, 0.1) is 34.0 Å². The van der Waals surface area contributed by atoms with Gasteiger partial charge in [0.15, 0.2) is 0 Å².